The van der Waals surface area contributed by atoms with E-state index < -0.39 is 0 Å². The minimum atomic E-state index is -0.174. The van der Waals surface area contributed by atoms with Crippen LogP contribution in [0.5, 0.6) is 17.2 Å². The number of methoxy groups -OCH3 is 3. The second-order valence-electron chi connectivity index (χ2n) is 6.44. The zero-order valence-electron chi connectivity index (χ0n) is 16.9. The molecule has 1 heterocycles. The van der Waals surface area contributed by atoms with Gasteiger partial charge in [0.05, 0.1) is 27.9 Å². The number of rotatable bonds is 8. The van der Waals surface area contributed by atoms with Gasteiger partial charge in [-0.2, -0.15) is 0 Å². The Morgan fingerprint density at radius 3 is 2.41 bits per heavy atom. The summed E-state index contributed by atoms with van der Waals surface area (Å²) in [6.45, 7) is 2.45. The minimum absolute atomic E-state index is 0.174. The van der Waals surface area contributed by atoms with E-state index in [1.165, 1.54) is 0 Å². The van der Waals surface area contributed by atoms with Gasteiger partial charge in [0.25, 0.3) is 5.91 Å². The molecule has 3 N–H and O–H groups in total. The Balaban J connectivity index is 1.67. The van der Waals surface area contributed by atoms with Gasteiger partial charge in [0.15, 0.2) is 5.96 Å². The molecular formula is C21H26N4O4. The lowest BCUT2D eigenvalue weighted by atomic mass is 10.1. The quantitative estimate of drug-likeness (QED) is 0.627. The molecule has 0 atom stereocenters. The van der Waals surface area contributed by atoms with Gasteiger partial charge in [-0.1, -0.05) is 0 Å². The molecule has 29 heavy (non-hydrogen) atoms. The molecule has 1 aliphatic heterocycles. The summed E-state index contributed by atoms with van der Waals surface area (Å²) >= 11 is 0. The van der Waals surface area contributed by atoms with Gasteiger partial charge < -0.3 is 30.2 Å². The lowest BCUT2D eigenvalue weighted by Crippen LogP contribution is -2.33. The highest BCUT2D eigenvalue weighted by Gasteiger charge is 2.12. The highest BCUT2D eigenvalue weighted by Crippen LogP contribution is 2.23. The maximum absolute atomic E-state index is 12.7. The molecule has 0 saturated carbocycles. The first-order valence-electron chi connectivity index (χ1n) is 9.32. The lowest BCUT2D eigenvalue weighted by Gasteiger charge is -2.13. The SMILES string of the molecule is COc1cc(CNC(=O)c2ccc(OC)c(CNC3=NCCN3)c2)cc(OC)c1. The van der Waals surface area contributed by atoms with Crippen LogP contribution in [-0.2, 0) is 13.1 Å². The summed E-state index contributed by atoms with van der Waals surface area (Å²) in [6.07, 6.45) is 0. The first-order valence-corrected chi connectivity index (χ1v) is 9.32. The van der Waals surface area contributed by atoms with Crippen LogP contribution in [0.1, 0.15) is 21.5 Å². The van der Waals surface area contributed by atoms with Gasteiger partial charge >= 0.3 is 0 Å². The monoisotopic (exact) mass is 398 g/mol. The second kappa shape index (κ2) is 9.68. The zero-order valence-corrected chi connectivity index (χ0v) is 16.9. The summed E-state index contributed by atoms with van der Waals surface area (Å²) in [5.74, 6) is 2.65. The fourth-order valence-electron chi connectivity index (χ4n) is 3.01. The molecule has 1 amide bonds. The summed E-state index contributed by atoms with van der Waals surface area (Å²) in [5, 5.41) is 9.31. The summed E-state index contributed by atoms with van der Waals surface area (Å²) in [4.78, 5) is 17.0. The van der Waals surface area contributed by atoms with E-state index >= 15 is 0 Å². The Kier molecular flexibility index (Phi) is 6.78. The fraction of sp³-hybridized carbons (Fsp3) is 0.333. The van der Waals surface area contributed by atoms with Gasteiger partial charge in [0.1, 0.15) is 17.2 Å². The Morgan fingerprint density at radius 1 is 1.03 bits per heavy atom. The maximum atomic E-state index is 12.7. The normalized spacial score (nSPS) is 12.6. The number of hydrogen-bond acceptors (Lipinski definition) is 7. The summed E-state index contributed by atoms with van der Waals surface area (Å²) in [6, 6.07) is 10.9. The summed E-state index contributed by atoms with van der Waals surface area (Å²) < 4.78 is 16.0. The predicted octanol–water partition coefficient (Wildman–Crippen LogP) is 1.69. The van der Waals surface area contributed by atoms with Gasteiger partial charge in [-0.25, -0.2) is 0 Å². The highest BCUT2D eigenvalue weighted by atomic mass is 16.5. The number of guanidine groups is 1. The van der Waals surface area contributed by atoms with Crippen LogP contribution < -0.4 is 30.2 Å². The van der Waals surface area contributed by atoms with Crippen LogP contribution in [0.4, 0.5) is 0 Å². The van der Waals surface area contributed by atoms with E-state index in [1.54, 1.807) is 39.5 Å². The Labute approximate surface area is 170 Å². The number of aliphatic imine (C=N–C) groups is 1. The second-order valence-corrected chi connectivity index (χ2v) is 6.44. The number of ether oxygens (including phenoxy) is 3. The molecule has 0 spiro atoms. The van der Waals surface area contributed by atoms with Crippen LogP contribution >= 0.6 is 0 Å². The van der Waals surface area contributed by atoms with Crippen molar-refractivity contribution in [1.29, 1.82) is 0 Å². The number of amides is 1. The maximum Gasteiger partial charge on any atom is 0.251 e. The molecule has 2 aromatic rings. The molecule has 0 aromatic heterocycles. The molecule has 0 bridgehead atoms. The van der Waals surface area contributed by atoms with Crippen LogP contribution in [0.15, 0.2) is 41.4 Å². The van der Waals surface area contributed by atoms with Crippen LogP contribution in [0.3, 0.4) is 0 Å². The van der Waals surface area contributed by atoms with Gasteiger partial charge in [-0.15, -0.1) is 0 Å². The van der Waals surface area contributed by atoms with Crippen molar-refractivity contribution >= 4 is 11.9 Å². The zero-order chi connectivity index (χ0) is 20.6. The van der Waals surface area contributed by atoms with Crippen molar-refractivity contribution < 1.29 is 19.0 Å². The van der Waals surface area contributed by atoms with Crippen LogP contribution in [-0.4, -0.2) is 46.3 Å². The fourth-order valence-corrected chi connectivity index (χ4v) is 3.01. The molecule has 0 aliphatic carbocycles. The van der Waals surface area contributed by atoms with Crippen LogP contribution in [0.2, 0.25) is 0 Å². The lowest BCUT2D eigenvalue weighted by molar-refractivity contribution is 0.0950. The average Bonchev–Trinajstić information content (AvgIpc) is 3.29. The number of benzene rings is 2. The molecule has 1 aliphatic rings. The molecule has 2 aromatic carbocycles. The molecular weight excluding hydrogens is 372 g/mol. The van der Waals surface area contributed by atoms with E-state index in [0.717, 1.165) is 30.2 Å². The van der Waals surface area contributed by atoms with Gasteiger partial charge in [0.2, 0.25) is 0 Å². The smallest absolute Gasteiger partial charge is 0.251 e. The van der Waals surface area contributed by atoms with E-state index in [1.807, 2.05) is 18.2 Å². The number of carbonyl (C=O) groups excluding carboxylic acids is 1. The topological polar surface area (TPSA) is 93.2 Å². The molecule has 0 saturated heterocycles. The van der Waals surface area contributed by atoms with Gasteiger partial charge in [-0.3, -0.25) is 9.79 Å². The third-order valence-electron chi connectivity index (χ3n) is 4.53. The first kappa shape index (κ1) is 20.3. The molecule has 0 unspecified atom stereocenters. The van der Waals surface area contributed by atoms with E-state index in [4.69, 9.17) is 14.2 Å². The molecule has 8 nitrogen and oxygen atoms in total. The molecule has 0 radical (unpaired) electrons. The van der Waals surface area contributed by atoms with Gasteiger partial charge in [-0.05, 0) is 35.9 Å². The number of nitrogens with zero attached hydrogens (tertiary/aromatic N) is 1. The van der Waals surface area contributed by atoms with Gasteiger partial charge in [0, 0.05) is 36.8 Å². The average molecular weight is 398 g/mol. The number of nitrogens with one attached hydrogen (secondary N) is 3. The molecule has 0 fully saturated rings. The third-order valence-corrected chi connectivity index (χ3v) is 4.53. The first-order chi connectivity index (χ1) is 14.1. The summed E-state index contributed by atoms with van der Waals surface area (Å²) in [7, 11) is 4.80. The minimum Gasteiger partial charge on any atom is -0.497 e. The Bertz CT molecular complexity index is 876. The molecule has 154 valence electrons. The van der Waals surface area contributed by atoms with E-state index in [9.17, 15) is 4.79 Å². The van der Waals surface area contributed by atoms with Crippen molar-refractivity contribution in [3.8, 4) is 17.2 Å². The van der Waals surface area contributed by atoms with Crippen LogP contribution in [0, 0.1) is 0 Å². The van der Waals surface area contributed by atoms with E-state index in [-0.39, 0.29) is 5.91 Å². The Morgan fingerprint density at radius 2 is 1.79 bits per heavy atom. The standard InChI is InChI=1S/C21H26N4O4/c1-27-17-8-14(9-18(11-17)28-2)12-24-20(26)15-4-5-19(29-3)16(10-15)13-25-21-22-6-7-23-21/h4-5,8-11H,6-7,12-13H2,1-3H3,(H,24,26)(H2,22,23,25). The van der Waals surface area contributed by atoms with Crippen molar-refractivity contribution in [2.24, 2.45) is 4.99 Å². The van der Waals surface area contributed by atoms with E-state index in [2.05, 4.69) is 20.9 Å². The van der Waals surface area contributed by atoms with Crippen molar-refractivity contribution in [1.82, 2.24) is 16.0 Å². The third kappa shape index (κ3) is 5.31. The highest BCUT2D eigenvalue weighted by molar-refractivity contribution is 5.94. The predicted molar refractivity (Wildman–Crippen MR) is 111 cm³/mol. The summed E-state index contributed by atoms with van der Waals surface area (Å²) in [5.41, 5.74) is 2.31. The van der Waals surface area contributed by atoms with Crippen molar-refractivity contribution in [3.63, 3.8) is 0 Å². The molecule has 8 heteroatoms. The van der Waals surface area contributed by atoms with Crippen LogP contribution in [0.25, 0.3) is 0 Å². The van der Waals surface area contributed by atoms with Crippen molar-refractivity contribution in [3.05, 3.63) is 53.1 Å². The van der Waals surface area contributed by atoms with E-state index in [0.29, 0.717) is 35.9 Å². The Hall–Kier alpha value is -3.42. The van der Waals surface area contributed by atoms with Crippen molar-refractivity contribution in [2.75, 3.05) is 34.4 Å². The number of carbonyl (C=O) groups is 1. The molecule has 3 rings (SSSR count). The number of hydrogen-bond donors (Lipinski definition) is 3. The van der Waals surface area contributed by atoms with Crippen molar-refractivity contribution in [2.45, 2.75) is 13.1 Å². The largest absolute Gasteiger partial charge is 0.497 e.